The number of nitrogens with one attached hydrogen (secondary N) is 1. The van der Waals surface area contributed by atoms with Crippen LogP contribution in [0.2, 0.25) is 0 Å². The van der Waals surface area contributed by atoms with Crippen LogP contribution < -0.4 is 17.0 Å². The number of para-hydroxylation sites is 1. The fourth-order valence-electron chi connectivity index (χ4n) is 3.42. The number of pyridine rings is 1. The Kier molecular flexibility index (Phi) is 5.72. The minimum Gasteiger partial charge on any atom is -1.00 e. The Bertz CT molecular complexity index is 1070. The highest BCUT2D eigenvalue weighted by atomic mass is 35.5. The van der Waals surface area contributed by atoms with Gasteiger partial charge in [-0.05, 0) is 23.6 Å². The van der Waals surface area contributed by atoms with Crippen LogP contribution in [0.1, 0.15) is 22.8 Å². The number of aromatic nitrogens is 2. The lowest BCUT2D eigenvalue weighted by Gasteiger charge is -2.02. The molecule has 2 aromatic heterocycles. The number of aromatic amines is 1. The minimum absolute atomic E-state index is 0. The highest BCUT2D eigenvalue weighted by Gasteiger charge is 2.17. The molecule has 4 rings (SSSR count). The van der Waals surface area contributed by atoms with Gasteiger partial charge in [-0.2, -0.15) is 4.57 Å². The van der Waals surface area contributed by atoms with Crippen LogP contribution in [-0.4, -0.2) is 10.8 Å². The molecule has 3 nitrogen and oxygen atoms in total. The molecule has 0 aliphatic carbocycles. The van der Waals surface area contributed by atoms with Crippen molar-refractivity contribution in [3.8, 4) is 11.1 Å². The number of aryl methyl sites for hydroxylation is 1. The fraction of sp³-hybridized carbons (Fsp3) is 0.130. The molecule has 2 heterocycles. The van der Waals surface area contributed by atoms with Gasteiger partial charge in [0.25, 0.3) is 0 Å². The quantitative estimate of drug-likeness (QED) is 0.416. The van der Waals surface area contributed by atoms with Crippen LogP contribution in [0, 0.1) is 0 Å². The number of Topliss-reactive ketones (excluding diaryl/α,β-unsaturated/α-hetero) is 1. The molecule has 4 heteroatoms. The largest absolute Gasteiger partial charge is 1.00 e. The average Bonchev–Trinajstić information content (AvgIpc) is 3.13. The van der Waals surface area contributed by atoms with Crippen LogP contribution in [-0.2, 0) is 13.0 Å². The molecule has 27 heavy (non-hydrogen) atoms. The van der Waals surface area contributed by atoms with Gasteiger partial charge in [-0.1, -0.05) is 55.5 Å². The number of H-pyrrole nitrogens is 1. The molecule has 0 aliphatic heterocycles. The normalized spacial score (nSPS) is 10.6. The molecule has 0 aliphatic rings. The number of nitrogens with zero attached hydrogens (tertiary/aromatic N) is 1. The third-order valence-corrected chi connectivity index (χ3v) is 4.77. The van der Waals surface area contributed by atoms with E-state index in [2.05, 4.69) is 36.2 Å². The number of carbonyl (C=O) groups excluding carboxylic acids is 1. The summed E-state index contributed by atoms with van der Waals surface area (Å²) in [5.41, 5.74) is 5.32. The Morgan fingerprint density at radius 1 is 0.963 bits per heavy atom. The van der Waals surface area contributed by atoms with E-state index in [-0.39, 0.29) is 18.2 Å². The SMILES string of the molecule is CCc1cccc2c(C(=O)C[n+]3cccc(-c4ccccc4)c3)c[nH]c12.[Cl-]. The topological polar surface area (TPSA) is 36.7 Å². The Labute approximate surface area is 165 Å². The molecule has 0 atom stereocenters. The number of rotatable bonds is 5. The number of hydrogen-bond acceptors (Lipinski definition) is 1. The van der Waals surface area contributed by atoms with Crippen molar-refractivity contribution < 1.29 is 21.8 Å². The molecule has 0 bridgehead atoms. The van der Waals surface area contributed by atoms with Gasteiger partial charge in [-0.25, -0.2) is 0 Å². The van der Waals surface area contributed by atoms with E-state index < -0.39 is 0 Å². The summed E-state index contributed by atoms with van der Waals surface area (Å²) >= 11 is 0. The van der Waals surface area contributed by atoms with Crippen molar-refractivity contribution in [1.29, 1.82) is 0 Å². The summed E-state index contributed by atoms with van der Waals surface area (Å²) in [4.78, 5) is 16.2. The zero-order chi connectivity index (χ0) is 17.9. The monoisotopic (exact) mass is 376 g/mol. The highest BCUT2D eigenvalue weighted by molar-refractivity contribution is 6.07. The van der Waals surface area contributed by atoms with Crippen molar-refractivity contribution in [2.75, 3.05) is 0 Å². The molecule has 0 unspecified atom stereocenters. The van der Waals surface area contributed by atoms with Crippen LogP contribution in [0.25, 0.3) is 22.0 Å². The van der Waals surface area contributed by atoms with Crippen molar-refractivity contribution in [2.24, 2.45) is 0 Å². The molecule has 0 amide bonds. The van der Waals surface area contributed by atoms with Crippen molar-refractivity contribution in [3.05, 3.63) is 90.4 Å². The highest BCUT2D eigenvalue weighted by Crippen LogP contribution is 2.23. The van der Waals surface area contributed by atoms with Gasteiger partial charge >= 0.3 is 0 Å². The van der Waals surface area contributed by atoms with Gasteiger partial charge < -0.3 is 17.4 Å². The molecule has 136 valence electrons. The van der Waals surface area contributed by atoms with Gasteiger partial charge in [0.05, 0.1) is 0 Å². The van der Waals surface area contributed by atoms with Gasteiger partial charge in [-0.3, -0.25) is 4.79 Å². The summed E-state index contributed by atoms with van der Waals surface area (Å²) in [7, 11) is 0. The first-order chi connectivity index (χ1) is 12.8. The summed E-state index contributed by atoms with van der Waals surface area (Å²) in [5.74, 6) is 0.111. The first-order valence-electron chi connectivity index (χ1n) is 8.93. The maximum atomic E-state index is 12.9. The summed E-state index contributed by atoms with van der Waals surface area (Å²) in [5, 5.41) is 1.01. The summed E-state index contributed by atoms with van der Waals surface area (Å²) in [6.45, 7) is 2.45. The van der Waals surface area contributed by atoms with Crippen molar-refractivity contribution in [2.45, 2.75) is 19.9 Å². The van der Waals surface area contributed by atoms with Crippen LogP contribution >= 0.6 is 0 Å². The minimum atomic E-state index is 0. The lowest BCUT2D eigenvalue weighted by Crippen LogP contribution is -3.00. The smallest absolute Gasteiger partial charge is 0.229 e. The van der Waals surface area contributed by atoms with Gasteiger partial charge in [0, 0.05) is 34.3 Å². The fourth-order valence-corrected chi connectivity index (χ4v) is 3.42. The third-order valence-electron chi connectivity index (χ3n) is 4.77. The van der Waals surface area contributed by atoms with E-state index in [9.17, 15) is 4.79 Å². The lowest BCUT2D eigenvalue weighted by molar-refractivity contribution is -0.682. The lowest BCUT2D eigenvalue weighted by atomic mass is 10.0. The molecule has 0 saturated heterocycles. The van der Waals surface area contributed by atoms with E-state index >= 15 is 0 Å². The van der Waals surface area contributed by atoms with E-state index in [1.54, 1.807) is 0 Å². The Morgan fingerprint density at radius 2 is 1.74 bits per heavy atom. The summed E-state index contributed by atoms with van der Waals surface area (Å²) in [6.07, 6.45) is 6.75. The molecule has 4 aromatic rings. The molecule has 2 aromatic carbocycles. The predicted molar refractivity (Wildman–Crippen MR) is 104 cm³/mol. The molecule has 0 fully saturated rings. The van der Waals surface area contributed by atoms with Crippen LogP contribution in [0.4, 0.5) is 0 Å². The molecule has 0 saturated carbocycles. The van der Waals surface area contributed by atoms with Crippen molar-refractivity contribution in [3.63, 3.8) is 0 Å². The van der Waals surface area contributed by atoms with Crippen LogP contribution in [0.15, 0.2) is 79.3 Å². The number of ketones is 1. The van der Waals surface area contributed by atoms with Crippen LogP contribution in [0.3, 0.4) is 0 Å². The first-order valence-corrected chi connectivity index (χ1v) is 8.93. The second-order valence-corrected chi connectivity index (χ2v) is 6.45. The van der Waals surface area contributed by atoms with E-state index in [1.807, 2.05) is 59.6 Å². The standard InChI is InChI=1S/C23H20N2O.ClH/c1-2-17-10-6-12-20-21(14-24-23(17)20)22(26)16-25-13-7-11-19(15-25)18-8-4-3-5-9-18;/h3-15H,2,16H2,1H3;1H. The van der Waals surface area contributed by atoms with Gasteiger partial charge in [0.1, 0.15) is 0 Å². The Balaban J connectivity index is 0.00000210. The van der Waals surface area contributed by atoms with Gasteiger partial charge in [0.15, 0.2) is 12.4 Å². The van der Waals surface area contributed by atoms with Crippen molar-refractivity contribution in [1.82, 2.24) is 4.98 Å². The second-order valence-electron chi connectivity index (χ2n) is 6.45. The molecule has 1 N–H and O–H groups in total. The first kappa shape index (κ1) is 18.9. The molecule has 0 radical (unpaired) electrons. The number of halogens is 1. The van der Waals surface area contributed by atoms with Crippen LogP contribution in [0.5, 0.6) is 0 Å². The zero-order valence-electron chi connectivity index (χ0n) is 15.2. The molecular formula is C23H21ClN2O. The number of fused-ring (bicyclic) bond motifs is 1. The zero-order valence-corrected chi connectivity index (χ0v) is 15.9. The van der Waals surface area contributed by atoms with Gasteiger partial charge in [0.2, 0.25) is 12.3 Å². The van der Waals surface area contributed by atoms with E-state index in [4.69, 9.17) is 0 Å². The van der Waals surface area contributed by atoms with E-state index in [0.29, 0.717) is 6.54 Å². The number of benzene rings is 2. The Morgan fingerprint density at radius 3 is 2.52 bits per heavy atom. The number of hydrogen-bond donors (Lipinski definition) is 1. The maximum Gasteiger partial charge on any atom is 0.229 e. The average molecular weight is 377 g/mol. The number of carbonyl (C=O) groups is 1. The Hall–Kier alpha value is -2.91. The second kappa shape index (κ2) is 8.19. The molecular weight excluding hydrogens is 356 g/mol. The molecule has 0 spiro atoms. The van der Waals surface area contributed by atoms with E-state index in [0.717, 1.165) is 34.0 Å². The van der Waals surface area contributed by atoms with E-state index in [1.165, 1.54) is 5.56 Å². The summed E-state index contributed by atoms with van der Waals surface area (Å²) in [6, 6.07) is 20.4. The third kappa shape index (κ3) is 3.79. The van der Waals surface area contributed by atoms with Gasteiger partial charge in [-0.15, -0.1) is 0 Å². The van der Waals surface area contributed by atoms with Crippen molar-refractivity contribution >= 4 is 16.7 Å². The summed E-state index contributed by atoms with van der Waals surface area (Å²) < 4.78 is 1.95. The predicted octanol–water partition coefficient (Wildman–Crippen LogP) is 1.57. The maximum absolute atomic E-state index is 12.9.